The quantitative estimate of drug-likeness (QED) is 0.664. The van der Waals surface area contributed by atoms with E-state index in [4.69, 9.17) is 0 Å². The summed E-state index contributed by atoms with van der Waals surface area (Å²) in [5, 5.41) is 0. The van der Waals surface area contributed by atoms with Crippen molar-refractivity contribution in [1.29, 1.82) is 0 Å². The molecule has 2 saturated heterocycles. The molecule has 0 radical (unpaired) electrons. The Morgan fingerprint density at radius 3 is 2.64 bits per heavy atom. The molecule has 2 rings (SSSR count). The van der Waals surface area contributed by atoms with Crippen molar-refractivity contribution in [2.75, 3.05) is 26.2 Å². The van der Waals surface area contributed by atoms with Gasteiger partial charge in [0.05, 0.1) is 0 Å². The summed E-state index contributed by atoms with van der Waals surface area (Å²) in [5.41, 5.74) is 0. The van der Waals surface area contributed by atoms with Crippen LogP contribution in [0.1, 0.15) is 33.6 Å². The molecule has 0 aromatic carbocycles. The monoisotopic (exact) mass is 196 g/mol. The molecule has 14 heavy (non-hydrogen) atoms. The van der Waals surface area contributed by atoms with Crippen LogP contribution in [0.5, 0.6) is 0 Å². The summed E-state index contributed by atoms with van der Waals surface area (Å²) in [5.74, 6) is 0.953. The smallest absolute Gasteiger partial charge is 0.0223 e. The van der Waals surface area contributed by atoms with Crippen LogP contribution in [0.3, 0.4) is 0 Å². The van der Waals surface area contributed by atoms with E-state index in [1.807, 2.05) is 0 Å². The van der Waals surface area contributed by atoms with E-state index < -0.39 is 0 Å². The Morgan fingerprint density at radius 2 is 2.00 bits per heavy atom. The van der Waals surface area contributed by atoms with Crippen LogP contribution in [-0.4, -0.2) is 48.1 Å². The fraction of sp³-hybridized carbons (Fsp3) is 1.00. The molecular weight excluding hydrogens is 172 g/mol. The van der Waals surface area contributed by atoms with E-state index in [2.05, 4.69) is 30.6 Å². The first-order valence-electron chi connectivity index (χ1n) is 6.18. The Bertz CT molecular complexity index is 191. The summed E-state index contributed by atoms with van der Waals surface area (Å²) in [4.78, 5) is 5.39. The number of hydrogen-bond acceptors (Lipinski definition) is 2. The summed E-state index contributed by atoms with van der Waals surface area (Å²) in [7, 11) is 0. The predicted molar refractivity (Wildman–Crippen MR) is 60.5 cm³/mol. The lowest BCUT2D eigenvalue weighted by molar-refractivity contribution is 0.120. The van der Waals surface area contributed by atoms with Crippen molar-refractivity contribution in [3.8, 4) is 0 Å². The van der Waals surface area contributed by atoms with Crippen molar-refractivity contribution in [3.63, 3.8) is 0 Å². The predicted octanol–water partition coefficient (Wildman–Crippen LogP) is 1.81. The van der Waals surface area contributed by atoms with E-state index in [1.165, 1.54) is 39.0 Å². The van der Waals surface area contributed by atoms with Crippen LogP contribution in [0.25, 0.3) is 0 Å². The van der Waals surface area contributed by atoms with Gasteiger partial charge in [-0.05, 0) is 39.2 Å². The molecule has 0 spiro atoms. The highest BCUT2D eigenvalue weighted by atomic mass is 15.3. The van der Waals surface area contributed by atoms with Gasteiger partial charge in [-0.2, -0.15) is 0 Å². The molecule has 0 saturated carbocycles. The third-order valence-electron chi connectivity index (χ3n) is 3.91. The van der Waals surface area contributed by atoms with E-state index in [1.54, 1.807) is 0 Å². The molecule has 2 aliphatic heterocycles. The van der Waals surface area contributed by atoms with Crippen molar-refractivity contribution >= 4 is 0 Å². The van der Waals surface area contributed by atoms with Gasteiger partial charge in [0.15, 0.2) is 0 Å². The Kier molecular flexibility index (Phi) is 3.13. The summed E-state index contributed by atoms with van der Waals surface area (Å²) < 4.78 is 0. The molecule has 2 nitrogen and oxygen atoms in total. The highest BCUT2D eigenvalue weighted by Gasteiger charge is 2.33. The number of nitrogens with zero attached hydrogens (tertiary/aromatic N) is 2. The maximum absolute atomic E-state index is 2.73. The molecule has 0 aromatic rings. The summed E-state index contributed by atoms with van der Waals surface area (Å²) in [6.07, 6.45) is 2.74. The number of hydrogen-bond donors (Lipinski definition) is 0. The summed E-state index contributed by atoms with van der Waals surface area (Å²) >= 11 is 0. The lowest BCUT2D eigenvalue weighted by atomic mass is 10.0. The minimum absolute atomic E-state index is 0.723. The second-order valence-electron chi connectivity index (χ2n) is 5.27. The maximum Gasteiger partial charge on any atom is 0.0223 e. The van der Waals surface area contributed by atoms with Gasteiger partial charge in [-0.25, -0.2) is 0 Å². The molecule has 0 N–H and O–H groups in total. The lowest BCUT2D eigenvalue weighted by Crippen LogP contribution is -2.46. The SMILES string of the molecule is CCC1CN2CCC(C2)CN1C(C)C. The van der Waals surface area contributed by atoms with Gasteiger partial charge < -0.3 is 4.90 Å². The molecule has 0 amide bonds. The van der Waals surface area contributed by atoms with Crippen LogP contribution in [0.4, 0.5) is 0 Å². The van der Waals surface area contributed by atoms with Gasteiger partial charge in [0.2, 0.25) is 0 Å². The highest BCUT2D eigenvalue weighted by Crippen LogP contribution is 2.25. The fourth-order valence-electron chi connectivity index (χ4n) is 3.07. The van der Waals surface area contributed by atoms with Crippen LogP contribution < -0.4 is 0 Å². The van der Waals surface area contributed by atoms with E-state index in [-0.39, 0.29) is 0 Å². The Balaban J connectivity index is 2.07. The zero-order valence-electron chi connectivity index (χ0n) is 9.87. The van der Waals surface area contributed by atoms with Gasteiger partial charge in [0.1, 0.15) is 0 Å². The molecule has 0 aliphatic carbocycles. The molecule has 2 aliphatic rings. The van der Waals surface area contributed by atoms with E-state index in [0.29, 0.717) is 0 Å². The summed E-state index contributed by atoms with van der Waals surface area (Å²) in [6.45, 7) is 12.4. The van der Waals surface area contributed by atoms with E-state index in [9.17, 15) is 0 Å². The molecule has 82 valence electrons. The second-order valence-corrected chi connectivity index (χ2v) is 5.27. The van der Waals surface area contributed by atoms with Crippen molar-refractivity contribution < 1.29 is 0 Å². The molecule has 2 bridgehead atoms. The van der Waals surface area contributed by atoms with Crippen molar-refractivity contribution in [3.05, 3.63) is 0 Å². The Morgan fingerprint density at radius 1 is 1.21 bits per heavy atom. The minimum Gasteiger partial charge on any atom is -0.301 e. The second kappa shape index (κ2) is 4.19. The third-order valence-corrected chi connectivity index (χ3v) is 3.91. The van der Waals surface area contributed by atoms with Gasteiger partial charge in [0, 0.05) is 31.7 Å². The molecule has 3 unspecified atom stereocenters. The standard InChI is InChI=1S/C12H24N2/c1-4-12-9-13-6-5-11(7-13)8-14(12)10(2)3/h10-12H,4-9H2,1-3H3. The van der Waals surface area contributed by atoms with Gasteiger partial charge in [-0.1, -0.05) is 6.92 Å². The van der Waals surface area contributed by atoms with Crippen LogP contribution in [0, 0.1) is 5.92 Å². The van der Waals surface area contributed by atoms with E-state index in [0.717, 1.165) is 18.0 Å². The first-order valence-corrected chi connectivity index (χ1v) is 6.18. The van der Waals surface area contributed by atoms with Gasteiger partial charge in [-0.3, -0.25) is 4.90 Å². The van der Waals surface area contributed by atoms with Crippen LogP contribution in [-0.2, 0) is 0 Å². The van der Waals surface area contributed by atoms with E-state index >= 15 is 0 Å². The first-order chi connectivity index (χ1) is 6.70. The Hall–Kier alpha value is -0.0800. The third kappa shape index (κ3) is 1.96. The highest BCUT2D eigenvalue weighted by molar-refractivity contribution is 4.89. The molecule has 3 atom stereocenters. The molecule has 2 heterocycles. The van der Waals surface area contributed by atoms with Crippen LogP contribution >= 0.6 is 0 Å². The number of rotatable bonds is 2. The van der Waals surface area contributed by atoms with Gasteiger partial charge in [0.25, 0.3) is 0 Å². The zero-order chi connectivity index (χ0) is 10.1. The molecule has 2 heteroatoms. The molecule has 2 fully saturated rings. The van der Waals surface area contributed by atoms with Gasteiger partial charge in [-0.15, -0.1) is 0 Å². The minimum atomic E-state index is 0.723. The average Bonchev–Trinajstić information content (AvgIpc) is 2.46. The zero-order valence-corrected chi connectivity index (χ0v) is 9.87. The summed E-state index contributed by atoms with van der Waals surface area (Å²) in [6, 6.07) is 1.53. The fourth-order valence-corrected chi connectivity index (χ4v) is 3.07. The van der Waals surface area contributed by atoms with Gasteiger partial charge >= 0.3 is 0 Å². The average molecular weight is 196 g/mol. The van der Waals surface area contributed by atoms with Crippen molar-refractivity contribution in [2.45, 2.75) is 45.7 Å². The number of fused-ring (bicyclic) bond motifs is 2. The van der Waals surface area contributed by atoms with Crippen LogP contribution in [0.15, 0.2) is 0 Å². The van der Waals surface area contributed by atoms with Crippen LogP contribution in [0.2, 0.25) is 0 Å². The lowest BCUT2D eigenvalue weighted by Gasteiger charge is -2.36. The normalized spacial score (nSPS) is 39.0. The first kappa shape index (κ1) is 10.4. The molecule has 0 aromatic heterocycles. The largest absolute Gasteiger partial charge is 0.301 e. The molecular formula is C12H24N2. The van der Waals surface area contributed by atoms with Crippen molar-refractivity contribution in [1.82, 2.24) is 9.80 Å². The Labute approximate surface area is 88.3 Å². The maximum atomic E-state index is 2.73. The van der Waals surface area contributed by atoms with Crippen molar-refractivity contribution in [2.24, 2.45) is 5.92 Å². The topological polar surface area (TPSA) is 6.48 Å².